The molecule has 90 valence electrons. The molecule has 0 saturated heterocycles. The number of hydrogen-bond donors (Lipinski definition) is 2. The second-order valence-electron chi connectivity index (χ2n) is 4.87. The first-order valence-corrected chi connectivity index (χ1v) is 6.23. The Kier molecular flexibility index (Phi) is 4.02. The largest absolute Gasteiger partial charge is 0.396 e. The van der Waals surface area contributed by atoms with Crippen LogP contribution >= 0.6 is 0 Å². The lowest BCUT2D eigenvalue weighted by atomic mass is 9.97. The van der Waals surface area contributed by atoms with E-state index in [0.717, 1.165) is 13.1 Å². The molecule has 16 heavy (non-hydrogen) atoms. The maximum absolute atomic E-state index is 9.23. The first-order valence-electron chi connectivity index (χ1n) is 6.23. The molecule has 0 radical (unpaired) electrons. The summed E-state index contributed by atoms with van der Waals surface area (Å²) in [5.74, 6) is 1.20. The zero-order valence-corrected chi connectivity index (χ0v) is 10.0. The molecule has 1 fully saturated rings. The Morgan fingerprint density at radius 1 is 1.44 bits per heavy atom. The van der Waals surface area contributed by atoms with E-state index in [0.29, 0.717) is 18.4 Å². The van der Waals surface area contributed by atoms with Crippen molar-refractivity contribution >= 4 is 0 Å². The van der Waals surface area contributed by atoms with Gasteiger partial charge in [0.1, 0.15) is 0 Å². The molecule has 3 nitrogen and oxygen atoms in total. The third-order valence-electron chi connectivity index (χ3n) is 3.81. The van der Waals surface area contributed by atoms with Crippen molar-refractivity contribution in [3.63, 3.8) is 0 Å². The molecule has 0 bridgehead atoms. The van der Waals surface area contributed by atoms with E-state index in [1.165, 1.54) is 25.0 Å². The molecule has 0 aromatic carbocycles. The quantitative estimate of drug-likeness (QED) is 0.792. The van der Waals surface area contributed by atoms with E-state index in [4.69, 9.17) is 0 Å². The monoisotopic (exact) mass is 222 g/mol. The molecule has 2 unspecified atom stereocenters. The topological polar surface area (TPSA) is 37.2 Å². The van der Waals surface area contributed by atoms with E-state index >= 15 is 0 Å². The van der Waals surface area contributed by atoms with Crippen LogP contribution in [0.25, 0.3) is 0 Å². The number of aromatic nitrogens is 1. The van der Waals surface area contributed by atoms with Gasteiger partial charge in [0.2, 0.25) is 0 Å². The Labute approximate surface area is 97.5 Å². The van der Waals surface area contributed by atoms with Crippen molar-refractivity contribution in [2.24, 2.45) is 18.9 Å². The lowest BCUT2D eigenvalue weighted by Gasteiger charge is -2.17. The molecule has 0 amide bonds. The molecule has 3 heteroatoms. The summed E-state index contributed by atoms with van der Waals surface area (Å²) in [6, 6.07) is 4.22. The van der Waals surface area contributed by atoms with Crippen molar-refractivity contribution in [3.8, 4) is 0 Å². The van der Waals surface area contributed by atoms with Crippen LogP contribution in [0.15, 0.2) is 18.3 Å². The summed E-state index contributed by atoms with van der Waals surface area (Å²) in [6.07, 6.45) is 5.82. The standard InChI is InChI=1S/C13H22N2O/c1-15-7-3-6-13(15)9-14-8-11-4-2-5-12(11)10-16/h3,6-7,11-12,14,16H,2,4-5,8-10H2,1H3. The maximum Gasteiger partial charge on any atom is 0.0462 e. The van der Waals surface area contributed by atoms with Crippen molar-refractivity contribution in [1.29, 1.82) is 0 Å². The molecular weight excluding hydrogens is 200 g/mol. The van der Waals surface area contributed by atoms with Gasteiger partial charge in [0.25, 0.3) is 0 Å². The first kappa shape index (κ1) is 11.7. The molecule has 1 aliphatic carbocycles. The fourth-order valence-electron chi connectivity index (χ4n) is 2.69. The van der Waals surface area contributed by atoms with Crippen molar-refractivity contribution in [2.75, 3.05) is 13.2 Å². The smallest absolute Gasteiger partial charge is 0.0462 e. The average Bonchev–Trinajstić information content (AvgIpc) is 2.88. The van der Waals surface area contributed by atoms with Crippen molar-refractivity contribution in [1.82, 2.24) is 9.88 Å². The van der Waals surface area contributed by atoms with Crippen LogP contribution in [0.4, 0.5) is 0 Å². The predicted molar refractivity (Wildman–Crippen MR) is 65.0 cm³/mol. The fourth-order valence-corrected chi connectivity index (χ4v) is 2.69. The molecule has 0 spiro atoms. The summed E-state index contributed by atoms with van der Waals surface area (Å²) in [4.78, 5) is 0. The molecule has 2 rings (SSSR count). The molecule has 1 aliphatic rings. The van der Waals surface area contributed by atoms with Crippen molar-refractivity contribution in [2.45, 2.75) is 25.8 Å². The van der Waals surface area contributed by atoms with Crippen LogP contribution in [0, 0.1) is 11.8 Å². The second-order valence-corrected chi connectivity index (χ2v) is 4.87. The highest BCUT2D eigenvalue weighted by molar-refractivity contribution is 5.05. The van der Waals surface area contributed by atoms with Crippen molar-refractivity contribution in [3.05, 3.63) is 24.0 Å². The van der Waals surface area contributed by atoms with Gasteiger partial charge >= 0.3 is 0 Å². The van der Waals surface area contributed by atoms with Crippen LogP contribution in [0.2, 0.25) is 0 Å². The third kappa shape index (κ3) is 2.66. The molecule has 2 N–H and O–H groups in total. The maximum atomic E-state index is 9.23. The average molecular weight is 222 g/mol. The lowest BCUT2D eigenvalue weighted by molar-refractivity contribution is 0.192. The number of aryl methyl sites for hydroxylation is 1. The number of nitrogens with zero attached hydrogens (tertiary/aromatic N) is 1. The van der Waals surface area contributed by atoms with Gasteiger partial charge in [-0.05, 0) is 43.4 Å². The Hall–Kier alpha value is -0.800. The fraction of sp³-hybridized carbons (Fsp3) is 0.692. The van der Waals surface area contributed by atoms with Crippen LogP contribution in [-0.2, 0) is 13.6 Å². The predicted octanol–water partition coefficient (Wildman–Crippen LogP) is 1.52. The van der Waals surface area contributed by atoms with Crippen LogP contribution in [-0.4, -0.2) is 22.8 Å². The van der Waals surface area contributed by atoms with E-state index in [2.05, 4.69) is 35.3 Å². The summed E-state index contributed by atoms with van der Waals surface area (Å²) in [6.45, 7) is 2.32. The highest BCUT2D eigenvalue weighted by atomic mass is 16.3. The normalized spacial score (nSPS) is 25.1. The summed E-state index contributed by atoms with van der Waals surface area (Å²) in [5.41, 5.74) is 1.32. The van der Waals surface area contributed by atoms with E-state index < -0.39 is 0 Å². The molecule has 2 atom stereocenters. The van der Waals surface area contributed by atoms with E-state index in [-0.39, 0.29) is 0 Å². The molecule has 1 heterocycles. The lowest BCUT2D eigenvalue weighted by Crippen LogP contribution is -2.27. The van der Waals surface area contributed by atoms with Gasteiger partial charge < -0.3 is 15.0 Å². The number of hydrogen-bond acceptors (Lipinski definition) is 2. The number of aliphatic hydroxyl groups excluding tert-OH is 1. The molecule has 1 aromatic heterocycles. The van der Waals surface area contributed by atoms with Gasteiger partial charge in [0.15, 0.2) is 0 Å². The second kappa shape index (κ2) is 5.51. The van der Waals surface area contributed by atoms with Crippen molar-refractivity contribution < 1.29 is 5.11 Å². The minimum absolute atomic E-state index is 0.358. The Bertz CT molecular complexity index is 321. The molecule has 0 aliphatic heterocycles. The third-order valence-corrected chi connectivity index (χ3v) is 3.81. The van der Waals surface area contributed by atoms with Crippen LogP contribution in [0.3, 0.4) is 0 Å². The highest BCUT2D eigenvalue weighted by Gasteiger charge is 2.25. The van der Waals surface area contributed by atoms with Gasteiger partial charge in [-0.15, -0.1) is 0 Å². The van der Waals surface area contributed by atoms with Crippen LogP contribution in [0.5, 0.6) is 0 Å². The summed E-state index contributed by atoms with van der Waals surface area (Å²) in [7, 11) is 2.07. The van der Waals surface area contributed by atoms with Gasteiger partial charge in [-0.2, -0.15) is 0 Å². The molecule has 1 saturated carbocycles. The minimum atomic E-state index is 0.358. The number of aliphatic hydroxyl groups is 1. The number of rotatable bonds is 5. The van der Waals surface area contributed by atoms with Gasteiger partial charge in [-0.25, -0.2) is 0 Å². The Balaban J connectivity index is 1.74. The van der Waals surface area contributed by atoms with Gasteiger partial charge in [0.05, 0.1) is 0 Å². The summed E-state index contributed by atoms with van der Waals surface area (Å²) in [5, 5.41) is 12.7. The van der Waals surface area contributed by atoms with Crippen LogP contribution < -0.4 is 5.32 Å². The zero-order chi connectivity index (χ0) is 11.4. The SMILES string of the molecule is Cn1cccc1CNCC1CCCC1CO. The minimum Gasteiger partial charge on any atom is -0.396 e. The van der Waals surface area contributed by atoms with Gasteiger partial charge in [0, 0.05) is 32.1 Å². The van der Waals surface area contributed by atoms with E-state index in [9.17, 15) is 5.11 Å². The van der Waals surface area contributed by atoms with Gasteiger partial charge in [-0.3, -0.25) is 0 Å². The molecule has 1 aromatic rings. The Morgan fingerprint density at radius 2 is 2.25 bits per heavy atom. The van der Waals surface area contributed by atoms with Crippen LogP contribution in [0.1, 0.15) is 25.0 Å². The zero-order valence-electron chi connectivity index (χ0n) is 10.0. The summed E-state index contributed by atoms with van der Waals surface area (Å²) >= 11 is 0. The molecular formula is C13H22N2O. The van der Waals surface area contributed by atoms with Gasteiger partial charge in [-0.1, -0.05) is 6.42 Å². The van der Waals surface area contributed by atoms with E-state index in [1.807, 2.05) is 0 Å². The Morgan fingerprint density at radius 3 is 2.94 bits per heavy atom. The summed E-state index contributed by atoms with van der Waals surface area (Å²) < 4.78 is 2.14. The first-order chi connectivity index (χ1) is 7.81. The highest BCUT2D eigenvalue weighted by Crippen LogP contribution is 2.30. The van der Waals surface area contributed by atoms with E-state index in [1.54, 1.807) is 0 Å². The number of nitrogens with one attached hydrogen (secondary N) is 1.